The standard InChI is InChI=1S/C22H24FN5O2/c1-13-9-14(2)27-20(13)22(30)28-18(10-15-3-6-17(23)7-4-15)21(29)26-12-16-5-8-19(24)25-11-16/h3-9,11,18,27H,10,12H2,1-2H3,(H2,24,25)(H,26,29)(H,28,30)/t18-/m0/s1. The molecule has 2 heterocycles. The number of amides is 2. The van der Waals surface area contributed by atoms with Gasteiger partial charge in [-0.2, -0.15) is 0 Å². The van der Waals surface area contributed by atoms with Crippen LogP contribution in [0.15, 0.2) is 48.7 Å². The molecule has 0 spiro atoms. The van der Waals surface area contributed by atoms with E-state index in [0.29, 0.717) is 11.5 Å². The summed E-state index contributed by atoms with van der Waals surface area (Å²) in [5.74, 6) is -0.706. The first kappa shape index (κ1) is 21.0. The van der Waals surface area contributed by atoms with Crippen LogP contribution >= 0.6 is 0 Å². The van der Waals surface area contributed by atoms with Gasteiger partial charge >= 0.3 is 0 Å². The Kier molecular flexibility index (Phi) is 6.46. The zero-order chi connectivity index (χ0) is 21.7. The van der Waals surface area contributed by atoms with E-state index in [9.17, 15) is 14.0 Å². The maximum atomic E-state index is 13.2. The first-order valence-electron chi connectivity index (χ1n) is 9.51. The molecular weight excluding hydrogens is 385 g/mol. The van der Waals surface area contributed by atoms with Gasteiger partial charge in [-0.05, 0) is 54.8 Å². The highest BCUT2D eigenvalue weighted by Gasteiger charge is 2.23. The van der Waals surface area contributed by atoms with Gasteiger partial charge in [-0.1, -0.05) is 18.2 Å². The summed E-state index contributed by atoms with van der Waals surface area (Å²) >= 11 is 0. The normalized spacial score (nSPS) is 11.7. The van der Waals surface area contributed by atoms with Gasteiger partial charge in [0.2, 0.25) is 5.91 Å². The largest absolute Gasteiger partial charge is 0.384 e. The second kappa shape index (κ2) is 9.21. The number of H-pyrrole nitrogens is 1. The molecule has 0 aliphatic carbocycles. The van der Waals surface area contributed by atoms with Crippen LogP contribution in [0.4, 0.5) is 10.2 Å². The molecule has 0 saturated heterocycles. The number of nitrogens with zero attached hydrogens (tertiary/aromatic N) is 1. The Morgan fingerprint density at radius 2 is 1.83 bits per heavy atom. The molecule has 0 unspecified atom stereocenters. The molecule has 0 radical (unpaired) electrons. The van der Waals surface area contributed by atoms with Crippen molar-refractivity contribution in [1.29, 1.82) is 0 Å². The van der Waals surface area contributed by atoms with E-state index >= 15 is 0 Å². The summed E-state index contributed by atoms with van der Waals surface area (Å²) in [7, 11) is 0. The molecule has 30 heavy (non-hydrogen) atoms. The van der Waals surface area contributed by atoms with Crippen LogP contribution in [0, 0.1) is 19.7 Å². The lowest BCUT2D eigenvalue weighted by molar-refractivity contribution is -0.123. The number of carbonyl (C=O) groups is 2. The van der Waals surface area contributed by atoms with E-state index in [4.69, 9.17) is 5.73 Å². The van der Waals surface area contributed by atoms with E-state index < -0.39 is 6.04 Å². The highest BCUT2D eigenvalue weighted by atomic mass is 19.1. The van der Waals surface area contributed by atoms with Gasteiger partial charge < -0.3 is 21.4 Å². The Morgan fingerprint density at radius 3 is 2.43 bits per heavy atom. The van der Waals surface area contributed by atoms with Gasteiger partial charge in [0, 0.05) is 24.9 Å². The fraction of sp³-hybridized carbons (Fsp3) is 0.227. The number of nitrogen functional groups attached to an aromatic ring is 1. The summed E-state index contributed by atoms with van der Waals surface area (Å²) in [6.07, 6.45) is 1.80. The Hall–Kier alpha value is -3.68. The first-order valence-corrected chi connectivity index (χ1v) is 9.51. The molecule has 0 aliphatic heterocycles. The molecule has 7 nitrogen and oxygen atoms in total. The van der Waals surface area contributed by atoms with Crippen LogP contribution in [-0.4, -0.2) is 27.8 Å². The van der Waals surface area contributed by atoms with Gasteiger partial charge in [-0.15, -0.1) is 0 Å². The lowest BCUT2D eigenvalue weighted by atomic mass is 10.0. The van der Waals surface area contributed by atoms with Crippen molar-refractivity contribution >= 4 is 17.6 Å². The van der Waals surface area contributed by atoms with Crippen molar-refractivity contribution in [2.45, 2.75) is 32.9 Å². The Balaban J connectivity index is 1.74. The predicted molar refractivity (Wildman–Crippen MR) is 112 cm³/mol. The third-order valence-corrected chi connectivity index (χ3v) is 4.67. The van der Waals surface area contributed by atoms with Gasteiger partial charge in [0.1, 0.15) is 23.4 Å². The lowest BCUT2D eigenvalue weighted by Gasteiger charge is -2.19. The number of benzene rings is 1. The Bertz CT molecular complexity index is 1030. The van der Waals surface area contributed by atoms with Crippen LogP contribution in [0.3, 0.4) is 0 Å². The van der Waals surface area contributed by atoms with Gasteiger partial charge in [-0.3, -0.25) is 9.59 Å². The molecule has 5 N–H and O–H groups in total. The van der Waals surface area contributed by atoms with Crippen molar-refractivity contribution in [3.63, 3.8) is 0 Å². The zero-order valence-electron chi connectivity index (χ0n) is 16.8. The molecule has 156 valence electrons. The average Bonchev–Trinajstić information content (AvgIpc) is 3.06. The van der Waals surface area contributed by atoms with Crippen molar-refractivity contribution in [2.24, 2.45) is 0 Å². The number of carbonyl (C=O) groups excluding carboxylic acids is 2. The van der Waals surface area contributed by atoms with Crippen LogP contribution in [0.25, 0.3) is 0 Å². The third kappa shape index (κ3) is 5.44. The number of aromatic nitrogens is 2. The molecule has 3 aromatic rings. The number of pyridine rings is 1. The minimum absolute atomic E-state index is 0.219. The summed E-state index contributed by atoms with van der Waals surface area (Å²) in [6.45, 7) is 3.91. The minimum atomic E-state index is -0.840. The summed E-state index contributed by atoms with van der Waals surface area (Å²) in [4.78, 5) is 32.6. The van der Waals surface area contributed by atoms with Gasteiger partial charge in [0.05, 0.1) is 0 Å². The Labute approximate surface area is 173 Å². The third-order valence-electron chi connectivity index (χ3n) is 4.67. The van der Waals surface area contributed by atoms with Crippen LogP contribution in [0.5, 0.6) is 0 Å². The molecule has 0 fully saturated rings. The summed E-state index contributed by atoms with van der Waals surface area (Å²) in [6, 6.07) is 10.3. The van der Waals surface area contributed by atoms with Gasteiger partial charge in [0.25, 0.3) is 5.91 Å². The number of halogens is 1. The van der Waals surface area contributed by atoms with E-state index in [2.05, 4.69) is 20.6 Å². The molecule has 2 aromatic heterocycles. The topological polar surface area (TPSA) is 113 Å². The van der Waals surface area contributed by atoms with E-state index in [1.165, 1.54) is 12.1 Å². The zero-order valence-corrected chi connectivity index (χ0v) is 16.8. The van der Waals surface area contributed by atoms with E-state index in [0.717, 1.165) is 22.4 Å². The maximum absolute atomic E-state index is 13.2. The average molecular weight is 409 g/mol. The fourth-order valence-corrected chi connectivity index (χ4v) is 3.11. The molecule has 1 atom stereocenters. The number of nitrogens with one attached hydrogen (secondary N) is 3. The van der Waals surface area contributed by atoms with Crippen molar-refractivity contribution in [1.82, 2.24) is 20.6 Å². The number of aryl methyl sites for hydroxylation is 2. The van der Waals surface area contributed by atoms with Crippen LogP contribution in [0.1, 0.15) is 32.9 Å². The highest BCUT2D eigenvalue weighted by molar-refractivity contribution is 5.97. The maximum Gasteiger partial charge on any atom is 0.268 e. The number of anilines is 1. The van der Waals surface area contributed by atoms with Crippen molar-refractivity contribution in [3.8, 4) is 0 Å². The molecular formula is C22H24FN5O2. The Morgan fingerprint density at radius 1 is 1.13 bits per heavy atom. The highest BCUT2D eigenvalue weighted by Crippen LogP contribution is 2.11. The quantitative estimate of drug-likeness (QED) is 0.480. The molecule has 1 aromatic carbocycles. The fourth-order valence-electron chi connectivity index (χ4n) is 3.11. The molecule has 0 aliphatic rings. The summed E-state index contributed by atoms with van der Waals surface area (Å²) < 4.78 is 13.2. The first-order chi connectivity index (χ1) is 14.3. The second-order valence-corrected chi connectivity index (χ2v) is 7.18. The minimum Gasteiger partial charge on any atom is -0.384 e. The van der Waals surface area contributed by atoms with Crippen LogP contribution in [-0.2, 0) is 17.8 Å². The SMILES string of the molecule is Cc1cc(C)c(C(=O)N[C@@H](Cc2ccc(F)cc2)C(=O)NCc2ccc(N)nc2)[nH]1. The molecule has 0 bridgehead atoms. The molecule has 8 heteroatoms. The summed E-state index contributed by atoms with van der Waals surface area (Å²) in [5, 5.41) is 5.59. The number of rotatable bonds is 7. The number of aromatic amines is 1. The van der Waals surface area contributed by atoms with Crippen molar-refractivity contribution < 1.29 is 14.0 Å². The van der Waals surface area contributed by atoms with E-state index in [-0.39, 0.29) is 30.6 Å². The van der Waals surface area contributed by atoms with Gasteiger partial charge in [0.15, 0.2) is 0 Å². The van der Waals surface area contributed by atoms with Crippen molar-refractivity contribution in [2.75, 3.05) is 5.73 Å². The molecule has 2 amide bonds. The van der Waals surface area contributed by atoms with Crippen LogP contribution < -0.4 is 16.4 Å². The van der Waals surface area contributed by atoms with Gasteiger partial charge in [-0.25, -0.2) is 9.37 Å². The lowest BCUT2D eigenvalue weighted by Crippen LogP contribution is -2.48. The van der Waals surface area contributed by atoms with E-state index in [1.54, 1.807) is 30.5 Å². The van der Waals surface area contributed by atoms with Crippen molar-refractivity contribution in [3.05, 3.63) is 82.6 Å². The van der Waals surface area contributed by atoms with E-state index in [1.807, 2.05) is 19.9 Å². The smallest absolute Gasteiger partial charge is 0.268 e. The number of hydrogen-bond donors (Lipinski definition) is 4. The van der Waals surface area contributed by atoms with Crippen LogP contribution in [0.2, 0.25) is 0 Å². The number of hydrogen-bond acceptors (Lipinski definition) is 4. The molecule has 0 saturated carbocycles. The predicted octanol–water partition coefficient (Wildman–Crippen LogP) is 2.41. The molecule has 3 rings (SSSR count). The second-order valence-electron chi connectivity index (χ2n) is 7.18. The monoisotopic (exact) mass is 409 g/mol. The summed E-state index contributed by atoms with van der Waals surface area (Å²) in [5.41, 5.74) is 9.14. The number of nitrogens with two attached hydrogens (primary N) is 1.